The van der Waals surface area contributed by atoms with Gasteiger partial charge in [-0.3, -0.25) is 9.59 Å². The molecule has 1 aromatic rings. The third-order valence-corrected chi connectivity index (χ3v) is 3.67. The number of carbonyl (C=O) groups excluding carboxylic acids is 2. The maximum absolute atomic E-state index is 12.5. The van der Waals surface area contributed by atoms with E-state index >= 15 is 0 Å². The first-order valence-corrected chi connectivity index (χ1v) is 8.00. The fourth-order valence-electron chi connectivity index (χ4n) is 2.70. The predicted molar refractivity (Wildman–Crippen MR) is 91.0 cm³/mol. The highest BCUT2D eigenvalue weighted by Gasteiger charge is 2.20. The summed E-state index contributed by atoms with van der Waals surface area (Å²) in [5.74, 6) is -0.360. The van der Waals surface area contributed by atoms with Gasteiger partial charge in [-0.05, 0) is 44.9 Å². The second-order valence-electron chi connectivity index (χ2n) is 6.04. The topological polar surface area (TPSA) is 70.7 Å². The molecule has 2 rings (SSSR count). The molecule has 0 aliphatic carbocycles. The number of nitrogens with zero attached hydrogens (tertiary/aromatic N) is 1. The zero-order valence-corrected chi connectivity index (χ0v) is 14.0. The maximum Gasteiger partial charge on any atom is 0.253 e. The molecule has 0 saturated carbocycles. The van der Waals surface area contributed by atoms with Crippen molar-refractivity contribution < 1.29 is 14.3 Å². The molecule has 0 bridgehead atoms. The fourth-order valence-corrected chi connectivity index (χ4v) is 2.70. The Kier molecular flexibility index (Phi) is 5.98. The highest BCUT2D eigenvalue weighted by atomic mass is 16.5. The summed E-state index contributed by atoms with van der Waals surface area (Å²) >= 11 is 0. The van der Waals surface area contributed by atoms with Crippen LogP contribution in [-0.2, 0) is 9.53 Å². The highest BCUT2D eigenvalue weighted by molar-refractivity contribution is 6.02. The zero-order valence-electron chi connectivity index (χ0n) is 14.0. The van der Waals surface area contributed by atoms with Gasteiger partial charge in [0.2, 0.25) is 5.91 Å². The van der Waals surface area contributed by atoms with Gasteiger partial charge in [-0.25, -0.2) is 0 Å². The number of nitrogens with one attached hydrogen (secondary N) is 2. The molecule has 2 N–H and O–H groups in total. The minimum absolute atomic E-state index is 0.0125. The van der Waals surface area contributed by atoms with Crippen molar-refractivity contribution >= 4 is 23.2 Å². The molecule has 1 fully saturated rings. The van der Waals surface area contributed by atoms with Gasteiger partial charge in [-0.1, -0.05) is 0 Å². The van der Waals surface area contributed by atoms with Gasteiger partial charge in [0, 0.05) is 37.6 Å². The van der Waals surface area contributed by atoms with Crippen molar-refractivity contribution in [3.05, 3.63) is 23.8 Å². The number of benzene rings is 1. The van der Waals surface area contributed by atoms with Gasteiger partial charge in [0.05, 0.1) is 5.56 Å². The lowest BCUT2D eigenvalue weighted by Crippen LogP contribution is -2.32. The van der Waals surface area contributed by atoms with Crippen molar-refractivity contribution in [2.24, 2.45) is 0 Å². The average Bonchev–Trinajstić information content (AvgIpc) is 3.00. The standard InChI is InChI=1S/C17H25N3O3/c1-12(2)18-17(22)14-10-13(19-16(21)11-23-3)6-7-15(14)20-8-4-5-9-20/h6-7,10,12H,4-5,8-9,11H2,1-3H3,(H,18,22)(H,19,21). The summed E-state index contributed by atoms with van der Waals surface area (Å²) in [6.07, 6.45) is 2.27. The van der Waals surface area contributed by atoms with Crippen molar-refractivity contribution in [2.45, 2.75) is 32.7 Å². The smallest absolute Gasteiger partial charge is 0.253 e. The Morgan fingerprint density at radius 3 is 2.57 bits per heavy atom. The van der Waals surface area contributed by atoms with Gasteiger partial charge >= 0.3 is 0 Å². The first-order valence-electron chi connectivity index (χ1n) is 8.00. The van der Waals surface area contributed by atoms with E-state index in [2.05, 4.69) is 15.5 Å². The number of hydrogen-bond donors (Lipinski definition) is 2. The second-order valence-corrected chi connectivity index (χ2v) is 6.04. The molecule has 0 radical (unpaired) electrons. The van der Waals surface area contributed by atoms with Crippen molar-refractivity contribution in [1.29, 1.82) is 0 Å². The van der Waals surface area contributed by atoms with Crippen molar-refractivity contribution in [3.63, 3.8) is 0 Å². The third kappa shape index (κ3) is 4.69. The van der Waals surface area contributed by atoms with Crippen LogP contribution in [0.15, 0.2) is 18.2 Å². The van der Waals surface area contributed by atoms with E-state index < -0.39 is 0 Å². The van der Waals surface area contributed by atoms with Crippen molar-refractivity contribution in [2.75, 3.05) is 37.0 Å². The molecule has 1 saturated heterocycles. The van der Waals surface area contributed by atoms with E-state index in [1.165, 1.54) is 7.11 Å². The molecule has 23 heavy (non-hydrogen) atoms. The Bertz CT molecular complexity index is 566. The van der Waals surface area contributed by atoms with Crippen LogP contribution >= 0.6 is 0 Å². The summed E-state index contributed by atoms with van der Waals surface area (Å²) in [6.45, 7) is 5.76. The molecule has 1 aromatic carbocycles. The lowest BCUT2D eigenvalue weighted by atomic mass is 10.1. The van der Waals surface area contributed by atoms with E-state index in [1.54, 1.807) is 6.07 Å². The molecule has 6 heteroatoms. The van der Waals surface area contributed by atoms with Crippen LogP contribution in [0.2, 0.25) is 0 Å². The number of rotatable bonds is 6. The van der Waals surface area contributed by atoms with Gasteiger partial charge < -0.3 is 20.3 Å². The third-order valence-electron chi connectivity index (χ3n) is 3.67. The molecule has 2 amide bonds. The largest absolute Gasteiger partial charge is 0.375 e. The summed E-state index contributed by atoms with van der Waals surface area (Å²) in [6, 6.07) is 5.52. The lowest BCUT2D eigenvalue weighted by Gasteiger charge is -2.22. The highest BCUT2D eigenvalue weighted by Crippen LogP contribution is 2.27. The van der Waals surface area contributed by atoms with Gasteiger partial charge in [0.25, 0.3) is 5.91 Å². The molecule has 6 nitrogen and oxygen atoms in total. The number of anilines is 2. The summed E-state index contributed by atoms with van der Waals surface area (Å²) in [5, 5.41) is 5.67. The summed E-state index contributed by atoms with van der Waals surface area (Å²) in [7, 11) is 1.47. The number of ether oxygens (including phenoxy) is 1. The molecule has 0 spiro atoms. The normalized spacial score (nSPS) is 14.2. The quantitative estimate of drug-likeness (QED) is 0.841. The summed E-state index contributed by atoms with van der Waals surface area (Å²) in [4.78, 5) is 26.4. The molecule has 0 aromatic heterocycles. The van der Waals surface area contributed by atoms with Gasteiger partial charge in [0.15, 0.2) is 0 Å². The van der Waals surface area contributed by atoms with E-state index in [0.29, 0.717) is 11.3 Å². The molecule has 0 atom stereocenters. The van der Waals surface area contributed by atoms with Crippen LogP contribution in [0.25, 0.3) is 0 Å². The van der Waals surface area contributed by atoms with Gasteiger partial charge in [-0.15, -0.1) is 0 Å². The van der Waals surface area contributed by atoms with Crippen LogP contribution in [0.3, 0.4) is 0 Å². The summed E-state index contributed by atoms with van der Waals surface area (Å²) in [5.41, 5.74) is 2.12. The first-order chi connectivity index (χ1) is 11.0. The van der Waals surface area contributed by atoms with Crippen molar-refractivity contribution in [1.82, 2.24) is 5.32 Å². The number of amides is 2. The maximum atomic E-state index is 12.5. The number of methoxy groups -OCH3 is 1. The van der Waals surface area contributed by atoms with Crippen LogP contribution in [-0.4, -0.2) is 44.7 Å². The first kappa shape index (κ1) is 17.3. The Labute approximate surface area is 137 Å². The fraction of sp³-hybridized carbons (Fsp3) is 0.529. The van der Waals surface area contributed by atoms with Crippen LogP contribution in [0.4, 0.5) is 11.4 Å². The van der Waals surface area contributed by atoms with Crippen LogP contribution in [0, 0.1) is 0 Å². The molecule has 1 aliphatic heterocycles. The molecule has 1 heterocycles. The minimum atomic E-state index is -0.239. The SMILES string of the molecule is COCC(=O)Nc1ccc(N2CCCC2)c(C(=O)NC(C)C)c1. The van der Waals surface area contributed by atoms with E-state index in [1.807, 2.05) is 26.0 Å². The van der Waals surface area contributed by atoms with E-state index in [9.17, 15) is 9.59 Å². The van der Waals surface area contributed by atoms with E-state index in [0.717, 1.165) is 31.6 Å². The Balaban J connectivity index is 2.27. The van der Waals surface area contributed by atoms with Crippen molar-refractivity contribution in [3.8, 4) is 0 Å². The Morgan fingerprint density at radius 1 is 1.26 bits per heavy atom. The van der Waals surface area contributed by atoms with Gasteiger partial charge in [-0.2, -0.15) is 0 Å². The van der Waals surface area contributed by atoms with E-state index in [4.69, 9.17) is 4.74 Å². The van der Waals surface area contributed by atoms with Gasteiger partial charge in [0.1, 0.15) is 6.61 Å². The van der Waals surface area contributed by atoms with Crippen LogP contribution in [0.5, 0.6) is 0 Å². The second kappa shape index (κ2) is 7.97. The predicted octanol–water partition coefficient (Wildman–Crippen LogP) is 2.01. The lowest BCUT2D eigenvalue weighted by molar-refractivity contribution is -0.119. The molecule has 0 unspecified atom stereocenters. The summed E-state index contributed by atoms with van der Waals surface area (Å²) < 4.78 is 4.81. The molecule has 1 aliphatic rings. The Hall–Kier alpha value is -2.08. The number of hydrogen-bond acceptors (Lipinski definition) is 4. The molecule has 126 valence electrons. The minimum Gasteiger partial charge on any atom is -0.375 e. The monoisotopic (exact) mass is 319 g/mol. The Morgan fingerprint density at radius 2 is 1.96 bits per heavy atom. The number of carbonyl (C=O) groups is 2. The van der Waals surface area contributed by atoms with Crippen LogP contribution in [0.1, 0.15) is 37.0 Å². The van der Waals surface area contributed by atoms with E-state index in [-0.39, 0.29) is 24.5 Å². The molecular weight excluding hydrogens is 294 g/mol. The van der Waals surface area contributed by atoms with Crippen LogP contribution < -0.4 is 15.5 Å². The average molecular weight is 319 g/mol. The zero-order chi connectivity index (χ0) is 16.8. The molecular formula is C17H25N3O3.